The number of methoxy groups -OCH3 is 2. The molecule has 0 aromatic heterocycles. The van der Waals surface area contributed by atoms with Crippen LogP contribution in [0.3, 0.4) is 0 Å². The number of carbonyl (C=O) groups excluding carboxylic acids is 1. The molecule has 2 N–H and O–H groups in total. The summed E-state index contributed by atoms with van der Waals surface area (Å²) in [7, 11) is 3.06. The number of carboxylic acid groups (broad SMARTS) is 1. The molecule has 1 saturated carbocycles. The summed E-state index contributed by atoms with van der Waals surface area (Å²) in [5, 5.41) is 11.8. The maximum atomic E-state index is 12.1. The molecule has 6 heteroatoms. The van der Waals surface area contributed by atoms with Gasteiger partial charge in [-0.15, -0.1) is 0 Å². The van der Waals surface area contributed by atoms with E-state index in [9.17, 15) is 9.59 Å². The molecule has 1 aliphatic carbocycles. The van der Waals surface area contributed by atoms with E-state index in [1.807, 2.05) is 0 Å². The molecule has 0 atom stereocenters. The molecule has 1 amide bonds. The third-order valence-electron chi connectivity index (χ3n) is 4.18. The lowest BCUT2D eigenvalue weighted by Crippen LogP contribution is -2.53. The van der Waals surface area contributed by atoms with Crippen molar-refractivity contribution in [1.29, 1.82) is 0 Å². The van der Waals surface area contributed by atoms with Gasteiger partial charge in [-0.2, -0.15) is 0 Å². The molecule has 0 aliphatic heterocycles. The van der Waals surface area contributed by atoms with Crippen LogP contribution in [-0.2, 0) is 16.0 Å². The third kappa shape index (κ3) is 3.22. The zero-order valence-electron chi connectivity index (χ0n) is 12.8. The van der Waals surface area contributed by atoms with E-state index in [2.05, 4.69) is 5.32 Å². The van der Waals surface area contributed by atoms with Gasteiger partial charge in [0.05, 0.1) is 12.7 Å². The van der Waals surface area contributed by atoms with E-state index in [-0.39, 0.29) is 11.5 Å². The Kier molecular flexibility index (Phi) is 5.03. The number of benzene rings is 1. The summed E-state index contributed by atoms with van der Waals surface area (Å²) < 4.78 is 10.5. The fourth-order valence-electron chi connectivity index (χ4n) is 2.58. The molecule has 1 aromatic rings. The smallest absolute Gasteiger partial charge is 0.335 e. The van der Waals surface area contributed by atoms with E-state index in [1.165, 1.54) is 19.2 Å². The SMILES string of the molecule is COc1cc(C(=O)O)ccc1CCNC(=O)C1(OC)CCC1. The van der Waals surface area contributed by atoms with E-state index in [0.717, 1.165) is 24.8 Å². The van der Waals surface area contributed by atoms with Crippen LogP contribution in [0.5, 0.6) is 5.75 Å². The van der Waals surface area contributed by atoms with Crippen LogP contribution in [0.25, 0.3) is 0 Å². The molecule has 6 nitrogen and oxygen atoms in total. The minimum Gasteiger partial charge on any atom is -0.496 e. The van der Waals surface area contributed by atoms with Crippen molar-refractivity contribution in [3.8, 4) is 5.75 Å². The Morgan fingerprint density at radius 3 is 2.55 bits per heavy atom. The van der Waals surface area contributed by atoms with Crippen LogP contribution >= 0.6 is 0 Å². The predicted molar refractivity (Wildman–Crippen MR) is 80.3 cm³/mol. The molecule has 2 rings (SSSR count). The van der Waals surface area contributed by atoms with Gasteiger partial charge in [-0.1, -0.05) is 6.07 Å². The van der Waals surface area contributed by atoms with E-state index in [0.29, 0.717) is 18.7 Å². The normalized spacial score (nSPS) is 15.7. The van der Waals surface area contributed by atoms with Crippen LogP contribution < -0.4 is 10.1 Å². The molecular formula is C16H21NO5. The molecule has 0 heterocycles. The van der Waals surface area contributed by atoms with Crippen molar-refractivity contribution in [2.45, 2.75) is 31.3 Å². The summed E-state index contributed by atoms with van der Waals surface area (Å²) in [5.41, 5.74) is 0.377. The highest BCUT2D eigenvalue weighted by atomic mass is 16.5. The van der Waals surface area contributed by atoms with Gasteiger partial charge in [-0.3, -0.25) is 4.79 Å². The first-order chi connectivity index (χ1) is 10.5. The first-order valence-corrected chi connectivity index (χ1v) is 7.26. The molecule has 120 valence electrons. The topological polar surface area (TPSA) is 84.9 Å². The fourth-order valence-corrected chi connectivity index (χ4v) is 2.58. The van der Waals surface area contributed by atoms with Crippen LogP contribution in [0, 0.1) is 0 Å². The van der Waals surface area contributed by atoms with Crippen LogP contribution in [0.15, 0.2) is 18.2 Å². The van der Waals surface area contributed by atoms with Gasteiger partial charge in [-0.25, -0.2) is 4.79 Å². The maximum Gasteiger partial charge on any atom is 0.335 e. The van der Waals surface area contributed by atoms with Crippen molar-refractivity contribution < 1.29 is 24.2 Å². The van der Waals surface area contributed by atoms with Crippen molar-refractivity contribution in [3.05, 3.63) is 29.3 Å². The molecule has 0 saturated heterocycles. The monoisotopic (exact) mass is 307 g/mol. The molecule has 0 spiro atoms. The van der Waals surface area contributed by atoms with Gasteiger partial charge in [-0.05, 0) is 43.4 Å². The summed E-state index contributed by atoms with van der Waals surface area (Å²) in [4.78, 5) is 23.1. The Bertz CT molecular complexity index is 560. The number of ether oxygens (including phenoxy) is 2. The Balaban J connectivity index is 1.94. The fraction of sp³-hybridized carbons (Fsp3) is 0.500. The average molecular weight is 307 g/mol. The second-order valence-electron chi connectivity index (χ2n) is 5.39. The van der Waals surface area contributed by atoms with Crippen LogP contribution in [0.2, 0.25) is 0 Å². The van der Waals surface area contributed by atoms with Gasteiger partial charge in [0.15, 0.2) is 0 Å². The quantitative estimate of drug-likeness (QED) is 0.799. The third-order valence-corrected chi connectivity index (χ3v) is 4.18. The minimum atomic E-state index is -0.995. The summed E-state index contributed by atoms with van der Waals surface area (Å²) in [6, 6.07) is 4.73. The zero-order valence-corrected chi connectivity index (χ0v) is 12.8. The Morgan fingerprint density at radius 2 is 2.05 bits per heavy atom. The largest absolute Gasteiger partial charge is 0.496 e. The maximum absolute atomic E-state index is 12.1. The van der Waals surface area contributed by atoms with Gasteiger partial charge in [0.2, 0.25) is 0 Å². The highest BCUT2D eigenvalue weighted by molar-refractivity contribution is 5.88. The second kappa shape index (κ2) is 6.79. The molecular weight excluding hydrogens is 286 g/mol. The number of hydrogen-bond donors (Lipinski definition) is 2. The van der Waals surface area contributed by atoms with Crippen LogP contribution in [0.4, 0.5) is 0 Å². The van der Waals surface area contributed by atoms with Gasteiger partial charge >= 0.3 is 5.97 Å². The average Bonchev–Trinajstić information content (AvgIpc) is 2.46. The Labute approximate surface area is 129 Å². The number of nitrogens with one attached hydrogen (secondary N) is 1. The van der Waals surface area contributed by atoms with Crippen molar-refractivity contribution in [1.82, 2.24) is 5.32 Å². The highest BCUT2D eigenvalue weighted by Gasteiger charge is 2.44. The lowest BCUT2D eigenvalue weighted by molar-refractivity contribution is -0.154. The highest BCUT2D eigenvalue weighted by Crippen LogP contribution is 2.35. The van der Waals surface area contributed by atoms with Crippen molar-refractivity contribution >= 4 is 11.9 Å². The first kappa shape index (κ1) is 16.3. The van der Waals surface area contributed by atoms with Crippen molar-refractivity contribution in [2.75, 3.05) is 20.8 Å². The summed E-state index contributed by atoms with van der Waals surface area (Å²) in [6.07, 6.45) is 3.08. The van der Waals surface area contributed by atoms with E-state index < -0.39 is 11.6 Å². The lowest BCUT2D eigenvalue weighted by Gasteiger charge is -2.38. The van der Waals surface area contributed by atoms with Gasteiger partial charge in [0.25, 0.3) is 5.91 Å². The molecule has 22 heavy (non-hydrogen) atoms. The molecule has 1 fully saturated rings. The summed E-state index contributed by atoms with van der Waals surface area (Å²) >= 11 is 0. The lowest BCUT2D eigenvalue weighted by atomic mass is 9.79. The minimum absolute atomic E-state index is 0.0811. The van der Waals surface area contributed by atoms with Gasteiger partial charge in [0.1, 0.15) is 11.4 Å². The van der Waals surface area contributed by atoms with Crippen molar-refractivity contribution in [3.63, 3.8) is 0 Å². The van der Waals surface area contributed by atoms with E-state index >= 15 is 0 Å². The van der Waals surface area contributed by atoms with Gasteiger partial charge < -0.3 is 19.9 Å². The Hall–Kier alpha value is -2.08. The zero-order chi connectivity index (χ0) is 16.2. The van der Waals surface area contributed by atoms with Crippen LogP contribution in [-0.4, -0.2) is 43.3 Å². The molecule has 0 unspecified atom stereocenters. The number of carbonyl (C=O) groups is 2. The number of carboxylic acids is 1. The number of hydrogen-bond acceptors (Lipinski definition) is 4. The molecule has 1 aromatic carbocycles. The van der Waals surface area contributed by atoms with Crippen molar-refractivity contribution in [2.24, 2.45) is 0 Å². The number of amides is 1. The van der Waals surface area contributed by atoms with E-state index in [1.54, 1.807) is 13.2 Å². The summed E-state index contributed by atoms with van der Waals surface area (Å²) in [5.74, 6) is -0.563. The number of rotatable bonds is 7. The first-order valence-electron chi connectivity index (χ1n) is 7.26. The standard InChI is InChI=1S/C16H21NO5/c1-21-13-10-12(14(18)19)5-4-11(13)6-9-17-15(20)16(22-2)7-3-8-16/h4-5,10H,3,6-9H2,1-2H3,(H,17,20)(H,18,19). The van der Waals surface area contributed by atoms with Gasteiger partial charge in [0, 0.05) is 13.7 Å². The molecule has 0 radical (unpaired) electrons. The number of aromatic carboxylic acids is 1. The molecule has 0 bridgehead atoms. The second-order valence-corrected chi connectivity index (χ2v) is 5.39. The Morgan fingerprint density at radius 1 is 1.32 bits per heavy atom. The summed E-state index contributed by atoms with van der Waals surface area (Å²) in [6.45, 7) is 0.451. The predicted octanol–water partition coefficient (Wildman–Crippen LogP) is 1.62. The molecule has 1 aliphatic rings. The van der Waals surface area contributed by atoms with Crippen LogP contribution in [0.1, 0.15) is 35.2 Å². The van der Waals surface area contributed by atoms with E-state index in [4.69, 9.17) is 14.6 Å².